The summed E-state index contributed by atoms with van der Waals surface area (Å²) in [7, 11) is 0. The minimum Gasteiger partial charge on any atom is -0.494 e. The molecule has 1 unspecified atom stereocenters. The van der Waals surface area contributed by atoms with Crippen molar-refractivity contribution < 1.29 is 23.9 Å². The zero-order valence-corrected chi connectivity index (χ0v) is 16.2. The molecule has 0 heterocycles. The topological polar surface area (TPSA) is 81.7 Å². The number of carbonyl (C=O) groups is 3. The molecule has 1 aromatic rings. The molecular formula is C21H29NO5. The molecule has 6 heteroatoms. The number of rotatable bonds is 10. The molecule has 0 bridgehead atoms. The van der Waals surface area contributed by atoms with E-state index in [0.717, 1.165) is 37.9 Å². The third-order valence-electron chi connectivity index (χ3n) is 4.58. The summed E-state index contributed by atoms with van der Waals surface area (Å²) in [5.41, 5.74) is 0.527. The van der Waals surface area contributed by atoms with Crippen molar-refractivity contribution in [3.63, 3.8) is 0 Å². The van der Waals surface area contributed by atoms with Crippen molar-refractivity contribution in [3.8, 4) is 5.75 Å². The Balaban J connectivity index is 1.72. The highest BCUT2D eigenvalue weighted by atomic mass is 16.5. The summed E-state index contributed by atoms with van der Waals surface area (Å²) >= 11 is 0. The fraction of sp³-hybridized carbons (Fsp3) is 0.571. The van der Waals surface area contributed by atoms with E-state index in [1.807, 2.05) is 6.92 Å². The van der Waals surface area contributed by atoms with E-state index >= 15 is 0 Å². The average molecular weight is 375 g/mol. The van der Waals surface area contributed by atoms with Crippen LogP contribution in [0.3, 0.4) is 0 Å². The predicted molar refractivity (Wildman–Crippen MR) is 102 cm³/mol. The standard InChI is InChI=1S/C21H29NO5/c1-3-14-26-18-10-8-16(9-11-18)19(23)12-13-20(24)27-15(2)21(25)22-17-6-4-5-7-17/h8-11,15,17H,3-7,12-14H2,1-2H3,(H,22,25). The van der Waals surface area contributed by atoms with Crippen LogP contribution in [-0.2, 0) is 14.3 Å². The van der Waals surface area contributed by atoms with Gasteiger partial charge in [-0.05, 0) is 50.5 Å². The quantitative estimate of drug-likeness (QED) is 0.500. The number of hydrogen-bond acceptors (Lipinski definition) is 5. The number of ketones is 1. The van der Waals surface area contributed by atoms with Crippen LogP contribution in [0.2, 0.25) is 0 Å². The van der Waals surface area contributed by atoms with E-state index in [1.54, 1.807) is 31.2 Å². The molecule has 1 aliphatic carbocycles. The van der Waals surface area contributed by atoms with E-state index < -0.39 is 12.1 Å². The number of hydrogen-bond donors (Lipinski definition) is 1. The van der Waals surface area contributed by atoms with Crippen LogP contribution in [0.25, 0.3) is 0 Å². The molecule has 0 radical (unpaired) electrons. The molecular weight excluding hydrogens is 346 g/mol. The van der Waals surface area contributed by atoms with Gasteiger partial charge in [0.25, 0.3) is 5.91 Å². The number of amides is 1. The van der Waals surface area contributed by atoms with Gasteiger partial charge >= 0.3 is 5.97 Å². The first-order chi connectivity index (χ1) is 13.0. The SMILES string of the molecule is CCCOc1ccc(C(=O)CCC(=O)OC(C)C(=O)NC2CCCC2)cc1. The van der Waals surface area contributed by atoms with E-state index in [4.69, 9.17) is 9.47 Å². The van der Waals surface area contributed by atoms with Gasteiger partial charge in [-0.15, -0.1) is 0 Å². The lowest BCUT2D eigenvalue weighted by Gasteiger charge is -2.17. The molecule has 1 fully saturated rings. The molecule has 1 atom stereocenters. The third kappa shape index (κ3) is 7.04. The molecule has 1 amide bonds. The van der Waals surface area contributed by atoms with Gasteiger partial charge in [0.05, 0.1) is 13.0 Å². The summed E-state index contributed by atoms with van der Waals surface area (Å²) in [4.78, 5) is 36.2. The Bertz CT molecular complexity index is 634. The molecule has 2 rings (SSSR count). The highest BCUT2D eigenvalue weighted by Crippen LogP contribution is 2.18. The first-order valence-electron chi connectivity index (χ1n) is 9.75. The largest absolute Gasteiger partial charge is 0.494 e. The second-order valence-electron chi connectivity index (χ2n) is 6.92. The van der Waals surface area contributed by atoms with Crippen LogP contribution < -0.4 is 10.1 Å². The van der Waals surface area contributed by atoms with Gasteiger partial charge in [-0.3, -0.25) is 14.4 Å². The van der Waals surface area contributed by atoms with E-state index in [0.29, 0.717) is 12.2 Å². The molecule has 1 aliphatic rings. The van der Waals surface area contributed by atoms with E-state index in [2.05, 4.69) is 5.32 Å². The lowest BCUT2D eigenvalue weighted by molar-refractivity contribution is -0.155. The Morgan fingerprint density at radius 2 is 1.78 bits per heavy atom. The number of benzene rings is 1. The first-order valence-corrected chi connectivity index (χ1v) is 9.75. The number of esters is 1. The number of ether oxygens (including phenoxy) is 2. The van der Waals surface area contributed by atoms with Crippen molar-refractivity contribution >= 4 is 17.7 Å². The lowest BCUT2D eigenvalue weighted by atomic mass is 10.1. The maximum atomic E-state index is 12.2. The molecule has 6 nitrogen and oxygen atoms in total. The third-order valence-corrected chi connectivity index (χ3v) is 4.58. The van der Waals surface area contributed by atoms with Gasteiger partial charge in [-0.1, -0.05) is 19.8 Å². The van der Waals surface area contributed by atoms with Crippen molar-refractivity contribution in [2.24, 2.45) is 0 Å². The summed E-state index contributed by atoms with van der Waals surface area (Å²) in [5, 5.41) is 2.90. The smallest absolute Gasteiger partial charge is 0.307 e. The molecule has 0 spiro atoms. The van der Waals surface area contributed by atoms with Crippen molar-refractivity contribution in [2.45, 2.75) is 70.9 Å². The minimum atomic E-state index is -0.844. The van der Waals surface area contributed by atoms with E-state index in [9.17, 15) is 14.4 Å². The first kappa shape index (κ1) is 20.9. The normalized spacial score (nSPS) is 15.2. The Kier molecular flexibility index (Phi) is 8.30. The monoisotopic (exact) mass is 375 g/mol. The van der Waals surface area contributed by atoms with Gasteiger partial charge in [-0.2, -0.15) is 0 Å². The van der Waals surface area contributed by atoms with Gasteiger partial charge < -0.3 is 14.8 Å². The van der Waals surface area contributed by atoms with Crippen LogP contribution in [0.5, 0.6) is 5.75 Å². The highest BCUT2D eigenvalue weighted by molar-refractivity contribution is 5.97. The van der Waals surface area contributed by atoms with Crippen LogP contribution in [0.1, 0.15) is 69.2 Å². The Hall–Kier alpha value is -2.37. The van der Waals surface area contributed by atoms with Gasteiger partial charge in [0, 0.05) is 18.0 Å². The Morgan fingerprint density at radius 3 is 2.41 bits per heavy atom. The van der Waals surface area contributed by atoms with Gasteiger partial charge in [-0.25, -0.2) is 0 Å². The predicted octanol–water partition coefficient (Wildman–Crippen LogP) is 3.43. The van der Waals surface area contributed by atoms with Gasteiger partial charge in [0.1, 0.15) is 5.75 Å². The Labute approximate surface area is 160 Å². The summed E-state index contributed by atoms with van der Waals surface area (Å²) in [6.45, 7) is 4.21. The summed E-state index contributed by atoms with van der Waals surface area (Å²) in [5.74, 6) is -0.239. The van der Waals surface area contributed by atoms with Crippen molar-refractivity contribution in [2.75, 3.05) is 6.61 Å². The Morgan fingerprint density at radius 1 is 1.11 bits per heavy atom. The van der Waals surface area contributed by atoms with Crippen molar-refractivity contribution in [3.05, 3.63) is 29.8 Å². The average Bonchev–Trinajstić information content (AvgIpc) is 3.17. The van der Waals surface area contributed by atoms with Crippen LogP contribution >= 0.6 is 0 Å². The molecule has 1 aromatic carbocycles. The molecule has 148 valence electrons. The lowest BCUT2D eigenvalue weighted by Crippen LogP contribution is -2.40. The minimum absolute atomic E-state index is 0.0466. The fourth-order valence-corrected chi connectivity index (χ4v) is 3.02. The molecule has 0 aromatic heterocycles. The second-order valence-corrected chi connectivity index (χ2v) is 6.92. The van der Waals surface area contributed by atoms with Crippen molar-refractivity contribution in [1.82, 2.24) is 5.32 Å². The highest BCUT2D eigenvalue weighted by Gasteiger charge is 2.23. The number of carbonyl (C=O) groups excluding carboxylic acids is 3. The number of nitrogens with one attached hydrogen (secondary N) is 1. The van der Waals surface area contributed by atoms with Gasteiger partial charge in [0.15, 0.2) is 11.9 Å². The molecule has 27 heavy (non-hydrogen) atoms. The van der Waals surface area contributed by atoms with Crippen LogP contribution in [0.4, 0.5) is 0 Å². The fourth-order valence-electron chi connectivity index (χ4n) is 3.02. The maximum absolute atomic E-state index is 12.2. The maximum Gasteiger partial charge on any atom is 0.307 e. The van der Waals surface area contributed by atoms with E-state index in [-0.39, 0.29) is 30.6 Å². The van der Waals surface area contributed by atoms with E-state index in [1.165, 1.54) is 0 Å². The van der Waals surface area contributed by atoms with Crippen LogP contribution in [0, 0.1) is 0 Å². The van der Waals surface area contributed by atoms with Gasteiger partial charge in [0.2, 0.25) is 0 Å². The molecule has 1 saturated carbocycles. The molecule has 0 saturated heterocycles. The summed E-state index contributed by atoms with van der Waals surface area (Å²) in [6.07, 6.45) is 4.26. The van der Waals surface area contributed by atoms with Crippen molar-refractivity contribution in [1.29, 1.82) is 0 Å². The molecule has 0 aliphatic heterocycles. The second kappa shape index (κ2) is 10.7. The van der Waals surface area contributed by atoms with Crippen LogP contribution in [0.15, 0.2) is 24.3 Å². The number of Topliss-reactive ketones (excluding diaryl/α,β-unsaturated/α-hetero) is 1. The van der Waals surface area contributed by atoms with Crippen LogP contribution in [-0.4, -0.2) is 36.4 Å². The molecule has 1 N–H and O–H groups in total. The summed E-state index contributed by atoms with van der Waals surface area (Å²) in [6, 6.07) is 7.06. The zero-order chi connectivity index (χ0) is 19.6. The summed E-state index contributed by atoms with van der Waals surface area (Å²) < 4.78 is 10.6. The zero-order valence-electron chi connectivity index (χ0n) is 16.2.